The summed E-state index contributed by atoms with van der Waals surface area (Å²) in [6, 6.07) is 0.0424. The van der Waals surface area contributed by atoms with Gasteiger partial charge >= 0.3 is 12.0 Å². The third-order valence-corrected chi connectivity index (χ3v) is 5.94. The van der Waals surface area contributed by atoms with Gasteiger partial charge in [0.2, 0.25) is 0 Å². The van der Waals surface area contributed by atoms with E-state index in [2.05, 4.69) is 10.5 Å². The first-order valence-corrected chi connectivity index (χ1v) is 10.1. The number of urea groups is 1. The summed E-state index contributed by atoms with van der Waals surface area (Å²) in [6.07, 6.45) is 5.55. The molecule has 1 aromatic heterocycles. The van der Waals surface area contributed by atoms with E-state index in [1.807, 2.05) is 25.7 Å². The number of nitrogens with zero attached hydrogens (tertiary/aromatic N) is 2. The van der Waals surface area contributed by atoms with E-state index >= 15 is 0 Å². The second kappa shape index (κ2) is 8.76. The van der Waals surface area contributed by atoms with E-state index in [9.17, 15) is 9.59 Å². The summed E-state index contributed by atoms with van der Waals surface area (Å²) in [7, 11) is 0. The molecule has 7 nitrogen and oxygen atoms in total. The van der Waals surface area contributed by atoms with Crippen molar-refractivity contribution in [3.8, 4) is 0 Å². The largest absolute Gasteiger partial charge is 0.466 e. The molecule has 1 N–H and O–H groups in total. The van der Waals surface area contributed by atoms with Crippen molar-refractivity contribution < 1.29 is 18.8 Å². The van der Waals surface area contributed by atoms with E-state index in [4.69, 9.17) is 9.26 Å². The van der Waals surface area contributed by atoms with E-state index in [0.717, 1.165) is 62.1 Å². The Morgan fingerprint density at radius 1 is 1.22 bits per heavy atom. The molecule has 1 aliphatic heterocycles. The van der Waals surface area contributed by atoms with Gasteiger partial charge in [0.15, 0.2) is 0 Å². The Morgan fingerprint density at radius 3 is 2.59 bits per heavy atom. The number of esters is 1. The first kappa shape index (κ1) is 19.7. The zero-order valence-electron chi connectivity index (χ0n) is 16.6. The molecule has 1 aliphatic carbocycles. The van der Waals surface area contributed by atoms with Crippen LogP contribution in [0.3, 0.4) is 0 Å². The van der Waals surface area contributed by atoms with Crippen LogP contribution in [0, 0.1) is 25.7 Å². The van der Waals surface area contributed by atoms with Crippen LogP contribution in [-0.4, -0.2) is 41.8 Å². The van der Waals surface area contributed by atoms with Gasteiger partial charge in [0.25, 0.3) is 0 Å². The van der Waals surface area contributed by atoms with Gasteiger partial charge in [-0.3, -0.25) is 4.79 Å². The minimum atomic E-state index is -0.0700. The number of carbonyl (C=O) groups excluding carboxylic acids is 2. The number of hydrogen-bond donors (Lipinski definition) is 1. The maximum Gasteiger partial charge on any atom is 0.317 e. The summed E-state index contributed by atoms with van der Waals surface area (Å²) in [4.78, 5) is 26.5. The highest BCUT2D eigenvalue weighted by Gasteiger charge is 2.34. The lowest BCUT2D eigenvalue weighted by Crippen LogP contribution is -2.42. The molecule has 7 heteroatoms. The molecule has 0 spiro atoms. The topological polar surface area (TPSA) is 84.7 Å². The van der Waals surface area contributed by atoms with Crippen molar-refractivity contribution in [3.05, 3.63) is 17.0 Å². The molecule has 2 aliphatic rings. The monoisotopic (exact) mass is 377 g/mol. The standard InChI is InChI=1S/C20H31N3O4/c1-4-26-19(24)16-9-7-15(8-10-16)12-21-20(25)23-11-5-6-17(23)18-13(2)22-27-14(18)3/h15-17H,4-12H2,1-3H3,(H,21,25)/t15?,16?,17-/m0/s1. The number of amides is 2. The second-order valence-electron chi connectivity index (χ2n) is 7.75. The van der Waals surface area contributed by atoms with Gasteiger partial charge in [-0.2, -0.15) is 0 Å². The van der Waals surface area contributed by atoms with Gasteiger partial charge in [-0.1, -0.05) is 5.16 Å². The lowest BCUT2D eigenvalue weighted by molar-refractivity contribution is -0.149. The SMILES string of the molecule is CCOC(=O)C1CCC(CNC(=O)N2CCC[C@H]2c2c(C)noc2C)CC1. The number of carbonyl (C=O) groups is 2. The van der Waals surface area contributed by atoms with E-state index in [1.165, 1.54) is 0 Å². The number of hydrogen-bond acceptors (Lipinski definition) is 5. The predicted molar refractivity (Wildman–Crippen MR) is 100 cm³/mol. The van der Waals surface area contributed by atoms with Crippen molar-refractivity contribution in [1.82, 2.24) is 15.4 Å². The third-order valence-electron chi connectivity index (χ3n) is 5.94. The Balaban J connectivity index is 1.49. The van der Waals surface area contributed by atoms with Gasteiger partial charge in [0, 0.05) is 18.7 Å². The molecule has 2 fully saturated rings. The van der Waals surface area contributed by atoms with Gasteiger partial charge in [-0.25, -0.2) is 4.79 Å². The van der Waals surface area contributed by atoms with Gasteiger partial charge < -0.3 is 19.5 Å². The van der Waals surface area contributed by atoms with Crippen molar-refractivity contribution >= 4 is 12.0 Å². The number of rotatable bonds is 5. The number of aromatic nitrogens is 1. The number of ether oxygens (including phenoxy) is 1. The maximum atomic E-state index is 12.8. The summed E-state index contributed by atoms with van der Waals surface area (Å²) in [6.45, 7) is 7.55. The Hall–Kier alpha value is -2.05. The highest BCUT2D eigenvalue weighted by Crippen LogP contribution is 2.35. The fourth-order valence-electron chi connectivity index (χ4n) is 4.47. The van der Waals surface area contributed by atoms with Crippen LogP contribution in [0.1, 0.15) is 68.5 Å². The van der Waals surface area contributed by atoms with Gasteiger partial charge in [0.05, 0.1) is 24.3 Å². The minimum Gasteiger partial charge on any atom is -0.466 e. The lowest BCUT2D eigenvalue weighted by Gasteiger charge is -2.29. The second-order valence-corrected chi connectivity index (χ2v) is 7.75. The molecular weight excluding hydrogens is 346 g/mol. The number of aryl methyl sites for hydroxylation is 2. The van der Waals surface area contributed by atoms with Crippen molar-refractivity contribution in [1.29, 1.82) is 0 Å². The Bertz CT molecular complexity index is 645. The van der Waals surface area contributed by atoms with Crippen LogP contribution in [0.5, 0.6) is 0 Å². The summed E-state index contributed by atoms with van der Waals surface area (Å²) in [5, 5.41) is 7.15. The molecule has 27 heavy (non-hydrogen) atoms. The molecule has 150 valence electrons. The van der Waals surface area contributed by atoms with Crippen LogP contribution in [0.4, 0.5) is 4.79 Å². The summed E-state index contributed by atoms with van der Waals surface area (Å²) in [5.74, 6) is 1.19. The van der Waals surface area contributed by atoms with Crippen LogP contribution in [0.2, 0.25) is 0 Å². The summed E-state index contributed by atoms with van der Waals surface area (Å²) < 4.78 is 10.4. The average molecular weight is 377 g/mol. The molecule has 2 amide bonds. The number of nitrogens with one attached hydrogen (secondary N) is 1. The Labute approximate surface area is 160 Å². The van der Waals surface area contributed by atoms with E-state index < -0.39 is 0 Å². The van der Waals surface area contributed by atoms with Crippen LogP contribution < -0.4 is 5.32 Å². The fraction of sp³-hybridized carbons (Fsp3) is 0.750. The molecular formula is C20H31N3O4. The Kier molecular flexibility index (Phi) is 6.39. The first-order chi connectivity index (χ1) is 13.0. The summed E-state index contributed by atoms with van der Waals surface area (Å²) in [5.41, 5.74) is 1.92. The van der Waals surface area contributed by atoms with Gasteiger partial charge in [-0.05, 0) is 65.2 Å². The van der Waals surface area contributed by atoms with Crippen molar-refractivity contribution in [2.24, 2.45) is 11.8 Å². The molecule has 0 unspecified atom stereocenters. The average Bonchev–Trinajstić information content (AvgIpc) is 3.26. The van der Waals surface area contributed by atoms with E-state index in [-0.39, 0.29) is 24.0 Å². The molecule has 1 saturated carbocycles. The normalized spacial score (nSPS) is 25.4. The van der Waals surface area contributed by atoms with E-state index in [0.29, 0.717) is 19.1 Å². The Morgan fingerprint density at radius 2 is 1.96 bits per heavy atom. The fourth-order valence-corrected chi connectivity index (χ4v) is 4.47. The lowest BCUT2D eigenvalue weighted by atomic mass is 9.82. The van der Waals surface area contributed by atoms with Gasteiger partial charge in [0.1, 0.15) is 5.76 Å². The molecule has 1 aromatic rings. The maximum absolute atomic E-state index is 12.8. The van der Waals surface area contributed by atoms with Crippen molar-refractivity contribution in [2.45, 2.75) is 65.3 Å². The highest BCUT2D eigenvalue weighted by atomic mass is 16.5. The molecule has 2 heterocycles. The van der Waals surface area contributed by atoms with E-state index in [1.54, 1.807) is 0 Å². The molecule has 3 rings (SSSR count). The highest BCUT2D eigenvalue weighted by molar-refractivity contribution is 5.75. The molecule has 1 saturated heterocycles. The zero-order valence-corrected chi connectivity index (χ0v) is 16.6. The quantitative estimate of drug-likeness (QED) is 0.794. The summed E-state index contributed by atoms with van der Waals surface area (Å²) >= 11 is 0. The predicted octanol–water partition coefficient (Wildman–Crippen LogP) is 3.51. The molecule has 0 aromatic carbocycles. The van der Waals surface area contributed by atoms with Crippen molar-refractivity contribution in [3.63, 3.8) is 0 Å². The third kappa shape index (κ3) is 4.45. The minimum absolute atomic E-state index is 0.00924. The van der Waals surface area contributed by atoms with Gasteiger partial charge in [-0.15, -0.1) is 0 Å². The van der Waals surface area contributed by atoms with Crippen LogP contribution in [-0.2, 0) is 9.53 Å². The number of likely N-dealkylation sites (tertiary alicyclic amines) is 1. The zero-order chi connectivity index (χ0) is 19.4. The molecule has 0 radical (unpaired) electrons. The van der Waals surface area contributed by atoms with Crippen molar-refractivity contribution in [2.75, 3.05) is 19.7 Å². The first-order valence-electron chi connectivity index (χ1n) is 10.1. The van der Waals surface area contributed by atoms with Crippen LogP contribution in [0.25, 0.3) is 0 Å². The smallest absolute Gasteiger partial charge is 0.317 e. The van der Waals surface area contributed by atoms with Crippen LogP contribution in [0.15, 0.2) is 4.52 Å². The van der Waals surface area contributed by atoms with Crippen LogP contribution >= 0.6 is 0 Å². The molecule has 1 atom stereocenters. The molecule has 0 bridgehead atoms.